The minimum Gasteiger partial charge on any atom is -0.302 e. The largest absolute Gasteiger partial charge is 0.302 e. The van der Waals surface area contributed by atoms with Crippen molar-refractivity contribution in [1.82, 2.24) is 4.98 Å². The smallest absolute Gasteiger partial charge is 0.230 e. The fourth-order valence-electron chi connectivity index (χ4n) is 2.26. The highest BCUT2D eigenvalue weighted by Gasteiger charge is 2.11. The highest BCUT2D eigenvalue weighted by atomic mass is 32.1. The van der Waals surface area contributed by atoms with Gasteiger partial charge in [0.1, 0.15) is 0 Å². The number of nitrogens with zero attached hydrogens (tertiary/aromatic N) is 1. The summed E-state index contributed by atoms with van der Waals surface area (Å²) < 4.78 is 1.14. The van der Waals surface area contributed by atoms with Crippen molar-refractivity contribution in [3.05, 3.63) is 59.2 Å². The van der Waals surface area contributed by atoms with Crippen molar-refractivity contribution in [2.24, 2.45) is 0 Å². The van der Waals surface area contributed by atoms with Crippen LogP contribution >= 0.6 is 11.3 Å². The average molecular weight is 296 g/mol. The number of amides is 1. The van der Waals surface area contributed by atoms with Crippen LogP contribution < -0.4 is 5.32 Å². The Morgan fingerprint density at radius 3 is 2.52 bits per heavy atom. The zero-order valence-electron chi connectivity index (χ0n) is 12.0. The van der Waals surface area contributed by atoms with Gasteiger partial charge in [0, 0.05) is 0 Å². The summed E-state index contributed by atoms with van der Waals surface area (Å²) >= 11 is 1.53. The molecule has 21 heavy (non-hydrogen) atoms. The SMILES string of the molecule is Cc1ccc(C)c2sc(NC(=O)Cc3ccccc3)nc12. The number of carbonyl (C=O) groups excluding carboxylic acids is 1. The Balaban J connectivity index is 1.80. The van der Waals surface area contributed by atoms with Crippen LogP contribution in [0.2, 0.25) is 0 Å². The second-order valence-electron chi connectivity index (χ2n) is 5.11. The first-order chi connectivity index (χ1) is 10.1. The van der Waals surface area contributed by atoms with Crippen LogP contribution in [0.5, 0.6) is 0 Å². The van der Waals surface area contributed by atoms with Gasteiger partial charge in [0.2, 0.25) is 5.91 Å². The number of benzene rings is 2. The second-order valence-corrected chi connectivity index (χ2v) is 6.11. The Morgan fingerprint density at radius 1 is 1.10 bits per heavy atom. The predicted octanol–water partition coefficient (Wildman–Crippen LogP) is 4.09. The fraction of sp³-hybridized carbons (Fsp3) is 0.176. The van der Waals surface area contributed by atoms with Gasteiger partial charge in [-0.05, 0) is 30.5 Å². The minimum atomic E-state index is -0.0319. The van der Waals surface area contributed by atoms with Crippen molar-refractivity contribution in [2.75, 3.05) is 5.32 Å². The van der Waals surface area contributed by atoms with Gasteiger partial charge >= 0.3 is 0 Å². The average Bonchev–Trinajstić information content (AvgIpc) is 2.89. The van der Waals surface area contributed by atoms with Crippen molar-refractivity contribution in [3.8, 4) is 0 Å². The zero-order chi connectivity index (χ0) is 14.8. The summed E-state index contributed by atoms with van der Waals surface area (Å²) in [7, 11) is 0. The summed E-state index contributed by atoms with van der Waals surface area (Å²) in [6.45, 7) is 4.10. The normalized spacial score (nSPS) is 10.8. The summed E-state index contributed by atoms with van der Waals surface area (Å²) in [6.07, 6.45) is 0.370. The molecule has 0 aliphatic rings. The van der Waals surface area contributed by atoms with Gasteiger partial charge in [0.15, 0.2) is 5.13 Å². The summed E-state index contributed by atoms with van der Waals surface area (Å²) in [5, 5.41) is 3.57. The van der Waals surface area contributed by atoms with E-state index in [2.05, 4.69) is 29.4 Å². The lowest BCUT2D eigenvalue weighted by Gasteiger charge is -2.01. The Bertz CT molecular complexity index is 754. The number of hydrogen-bond donors (Lipinski definition) is 1. The molecule has 0 fully saturated rings. The Labute approximate surface area is 127 Å². The van der Waals surface area contributed by atoms with Gasteiger partial charge in [-0.2, -0.15) is 0 Å². The summed E-state index contributed by atoms with van der Waals surface area (Å²) in [6, 6.07) is 13.9. The lowest BCUT2D eigenvalue weighted by molar-refractivity contribution is -0.115. The lowest BCUT2D eigenvalue weighted by Crippen LogP contribution is -2.14. The molecule has 1 heterocycles. The molecule has 4 heteroatoms. The molecule has 0 saturated carbocycles. The highest BCUT2D eigenvalue weighted by molar-refractivity contribution is 7.22. The molecule has 3 nitrogen and oxygen atoms in total. The monoisotopic (exact) mass is 296 g/mol. The standard InChI is InChI=1S/C17H16N2OS/c1-11-8-9-12(2)16-15(11)19-17(21-16)18-14(20)10-13-6-4-3-5-7-13/h3-9H,10H2,1-2H3,(H,18,19,20). The molecule has 1 amide bonds. The molecule has 3 aromatic rings. The van der Waals surface area contributed by atoms with Crippen molar-refractivity contribution < 1.29 is 4.79 Å². The van der Waals surface area contributed by atoms with Gasteiger partial charge < -0.3 is 5.32 Å². The second kappa shape index (κ2) is 5.66. The summed E-state index contributed by atoms with van der Waals surface area (Å²) in [5.74, 6) is -0.0319. The molecule has 0 spiro atoms. The van der Waals surface area contributed by atoms with Gasteiger partial charge in [0.25, 0.3) is 0 Å². The van der Waals surface area contributed by atoms with Gasteiger partial charge in [-0.25, -0.2) is 4.98 Å². The molecule has 1 N–H and O–H groups in total. The van der Waals surface area contributed by atoms with E-state index < -0.39 is 0 Å². The maximum absolute atomic E-state index is 12.1. The van der Waals surface area contributed by atoms with E-state index in [0.717, 1.165) is 21.3 Å². The first-order valence-corrected chi connectivity index (χ1v) is 7.65. The predicted molar refractivity (Wildman–Crippen MR) is 87.9 cm³/mol. The molecule has 0 aliphatic heterocycles. The van der Waals surface area contributed by atoms with Crippen LogP contribution in [0.25, 0.3) is 10.2 Å². The molecule has 0 atom stereocenters. The van der Waals surface area contributed by atoms with Crippen LogP contribution in [0, 0.1) is 13.8 Å². The van der Waals surface area contributed by atoms with Crippen molar-refractivity contribution >= 4 is 32.6 Å². The van der Waals surface area contributed by atoms with Crippen LogP contribution in [0.1, 0.15) is 16.7 Å². The summed E-state index contributed by atoms with van der Waals surface area (Å²) in [5.41, 5.74) is 4.31. The third kappa shape index (κ3) is 2.95. The topological polar surface area (TPSA) is 42.0 Å². The molecule has 0 bridgehead atoms. The quantitative estimate of drug-likeness (QED) is 0.791. The van der Waals surface area contributed by atoms with E-state index in [-0.39, 0.29) is 5.91 Å². The Hall–Kier alpha value is -2.20. The molecule has 0 aliphatic carbocycles. The number of nitrogens with one attached hydrogen (secondary N) is 1. The highest BCUT2D eigenvalue weighted by Crippen LogP contribution is 2.30. The Morgan fingerprint density at radius 2 is 1.81 bits per heavy atom. The van der Waals surface area contributed by atoms with Gasteiger partial charge in [0.05, 0.1) is 16.6 Å². The molecule has 1 aromatic heterocycles. The number of anilines is 1. The third-order valence-corrected chi connectivity index (χ3v) is 4.50. The number of hydrogen-bond acceptors (Lipinski definition) is 3. The number of fused-ring (bicyclic) bond motifs is 1. The number of carbonyl (C=O) groups is 1. The summed E-state index contributed by atoms with van der Waals surface area (Å²) in [4.78, 5) is 16.6. The maximum atomic E-state index is 12.1. The van der Waals surface area contributed by atoms with E-state index in [4.69, 9.17) is 0 Å². The number of thiazole rings is 1. The number of aryl methyl sites for hydroxylation is 2. The van der Waals surface area contributed by atoms with Crippen LogP contribution in [0.3, 0.4) is 0 Å². The molecule has 2 aromatic carbocycles. The van der Waals surface area contributed by atoms with Crippen molar-refractivity contribution in [3.63, 3.8) is 0 Å². The number of aromatic nitrogens is 1. The number of rotatable bonds is 3. The van der Waals surface area contributed by atoms with E-state index in [1.807, 2.05) is 37.3 Å². The van der Waals surface area contributed by atoms with E-state index in [0.29, 0.717) is 11.6 Å². The van der Waals surface area contributed by atoms with E-state index in [9.17, 15) is 4.79 Å². The molecular formula is C17H16N2OS. The molecule has 106 valence electrons. The van der Waals surface area contributed by atoms with E-state index >= 15 is 0 Å². The van der Waals surface area contributed by atoms with Crippen LogP contribution in [0.4, 0.5) is 5.13 Å². The van der Waals surface area contributed by atoms with Gasteiger partial charge in [-0.1, -0.05) is 53.8 Å². The van der Waals surface area contributed by atoms with E-state index in [1.165, 1.54) is 16.9 Å². The molecular weight excluding hydrogens is 280 g/mol. The van der Waals surface area contributed by atoms with Crippen LogP contribution in [0.15, 0.2) is 42.5 Å². The van der Waals surface area contributed by atoms with Crippen molar-refractivity contribution in [2.45, 2.75) is 20.3 Å². The van der Waals surface area contributed by atoms with E-state index in [1.54, 1.807) is 0 Å². The molecule has 0 radical (unpaired) electrons. The fourth-order valence-corrected chi connectivity index (χ4v) is 3.28. The molecule has 3 rings (SSSR count). The Kier molecular flexibility index (Phi) is 3.71. The zero-order valence-corrected chi connectivity index (χ0v) is 12.8. The molecule has 0 saturated heterocycles. The van der Waals surface area contributed by atoms with Crippen molar-refractivity contribution in [1.29, 1.82) is 0 Å². The third-order valence-electron chi connectivity index (χ3n) is 3.40. The molecule has 0 unspecified atom stereocenters. The minimum absolute atomic E-state index is 0.0319. The first-order valence-electron chi connectivity index (χ1n) is 6.84. The lowest BCUT2D eigenvalue weighted by atomic mass is 10.1. The van der Waals surface area contributed by atoms with Gasteiger partial charge in [-0.15, -0.1) is 0 Å². The maximum Gasteiger partial charge on any atom is 0.230 e. The van der Waals surface area contributed by atoms with Crippen LogP contribution in [-0.2, 0) is 11.2 Å². The first kappa shape index (κ1) is 13.8. The van der Waals surface area contributed by atoms with Crippen LogP contribution in [-0.4, -0.2) is 10.9 Å². The van der Waals surface area contributed by atoms with Gasteiger partial charge in [-0.3, -0.25) is 4.79 Å².